The quantitative estimate of drug-likeness (QED) is 0.630. The van der Waals surface area contributed by atoms with E-state index in [1.807, 2.05) is 12.1 Å². The van der Waals surface area contributed by atoms with Gasteiger partial charge < -0.3 is 5.11 Å². The second-order valence-electron chi connectivity index (χ2n) is 4.29. The Kier molecular flexibility index (Phi) is 4.01. The summed E-state index contributed by atoms with van der Waals surface area (Å²) in [5, 5.41) is 20.3. The van der Waals surface area contributed by atoms with Crippen LogP contribution in [-0.4, -0.2) is 16.1 Å². The number of benzene rings is 1. The third-order valence-electron chi connectivity index (χ3n) is 2.73. The molecule has 0 aliphatic heterocycles. The van der Waals surface area contributed by atoms with E-state index in [1.165, 1.54) is 6.92 Å². The van der Waals surface area contributed by atoms with Gasteiger partial charge in [0, 0.05) is 11.8 Å². The molecule has 2 atom stereocenters. The molecule has 0 aliphatic carbocycles. The Balaban J connectivity index is 2.85. The van der Waals surface area contributed by atoms with E-state index in [2.05, 4.69) is 13.8 Å². The van der Waals surface area contributed by atoms with Gasteiger partial charge in [0.05, 0.1) is 0 Å². The fourth-order valence-electron chi connectivity index (χ4n) is 1.47. The van der Waals surface area contributed by atoms with Crippen LogP contribution in [0.4, 0.5) is 0 Å². The summed E-state index contributed by atoms with van der Waals surface area (Å²) in [6, 6.07) is 6.32. The maximum absolute atomic E-state index is 10.5. The van der Waals surface area contributed by atoms with Gasteiger partial charge in [0.25, 0.3) is 0 Å². The highest BCUT2D eigenvalue weighted by Gasteiger charge is 2.25. The highest BCUT2D eigenvalue weighted by Crippen LogP contribution is 2.21. The molecule has 4 nitrogen and oxygen atoms in total. The summed E-state index contributed by atoms with van der Waals surface area (Å²) in [5.74, 6) is 0.416. The first-order valence-electron chi connectivity index (χ1n) is 5.35. The topological polar surface area (TPSA) is 63.4 Å². The number of rotatable bonds is 4. The molecule has 0 aliphatic rings. The number of nitro groups is 1. The van der Waals surface area contributed by atoms with Crippen LogP contribution in [-0.2, 0) is 0 Å². The van der Waals surface area contributed by atoms with Gasteiger partial charge in [-0.05, 0) is 17.0 Å². The summed E-state index contributed by atoms with van der Waals surface area (Å²) in [6.07, 6.45) is -1.05. The Morgan fingerprint density at radius 3 is 1.94 bits per heavy atom. The molecule has 4 heteroatoms. The molecule has 0 radical (unpaired) electrons. The molecule has 0 aromatic heterocycles. The summed E-state index contributed by atoms with van der Waals surface area (Å²) in [4.78, 5) is 10.1. The van der Waals surface area contributed by atoms with Crippen LogP contribution in [0.1, 0.15) is 43.9 Å². The molecule has 1 aromatic rings. The highest BCUT2D eigenvalue weighted by molar-refractivity contribution is 5.26. The van der Waals surface area contributed by atoms with E-state index in [4.69, 9.17) is 0 Å². The smallest absolute Gasteiger partial charge is 0.239 e. The van der Waals surface area contributed by atoms with Crippen LogP contribution in [0.25, 0.3) is 0 Å². The predicted molar refractivity (Wildman–Crippen MR) is 61.9 cm³/mol. The van der Waals surface area contributed by atoms with E-state index in [0.29, 0.717) is 11.5 Å². The molecule has 2 unspecified atom stereocenters. The largest absolute Gasteiger partial charge is 0.381 e. The van der Waals surface area contributed by atoms with Crippen LogP contribution in [0.2, 0.25) is 0 Å². The van der Waals surface area contributed by atoms with Crippen molar-refractivity contribution in [1.29, 1.82) is 0 Å². The molecule has 0 heterocycles. The summed E-state index contributed by atoms with van der Waals surface area (Å²) in [5.41, 5.74) is 1.75. The first kappa shape index (κ1) is 12.6. The minimum atomic E-state index is -1.05. The standard InChI is InChI=1S/C12H17NO3/c1-8(2)10-4-6-11(7-5-10)12(14)9(3)13(15)16/h4-9,12,14H,1-3H3. The van der Waals surface area contributed by atoms with Crippen molar-refractivity contribution in [2.45, 2.75) is 38.8 Å². The fourth-order valence-corrected chi connectivity index (χ4v) is 1.47. The van der Waals surface area contributed by atoms with Gasteiger partial charge >= 0.3 is 0 Å². The lowest BCUT2D eigenvalue weighted by Gasteiger charge is -2.13. The molecule has 1 aromatic carbocycles. The minimum Gasteiger partial charge on any atom is -0.381 e. The van der Waals surface area contributed by atoms with Crippen molar-refractivity contribution in [3.63, 3.8) is 0 Å². The van der Waals surface area contributed by atoms with Crippen LogP contribution < -0.4 is 0 Å². The molecule has 0 spiro atoms. The van der Waals surface area contributed by atoms with Gasteiger partial charge in [-0.15, -0.1) is 0 Å². The summed E-state index contributed by atoms with van der Waals surface area (Å²) in [6.45, 7) is 5.55. The first-order valence-corrected chi connectivity index (χ1v) is 5.35. The van der Waals surface area contributed by atoms with E-state index in [-0.39, 0.29) is 0 Å². The van der Waals surface area contributed by atoms with Crippen LogP contribution in [0.15, 0.2) is 24.3 Å². The Bertz CT molecular complexity index is 359. The van der Waals surface area contributed by atoms with Gasteiger partial charge in [-0.1, -0.05) is 38.1 Å². The lowest BCUT2D eigenvalue weighted by molar-refractivity contribution is -0.531. The molecule has 0 bridgehead atoms. The monoisotopic (exact) mass is 223 g/mol. The Labute approximate surface area is 95.1 Å². The van der Waals surface area contributed by atoms with Crippen molar-refractivity contribution in [1.82, 2.24) is 0 Å². The van der Waals surface area contributed by atoms with Crippen molar-refractivity contribution >= 4 is 0 Å². The average molecular weight is 223 g/mol. The fraction of sp³-hybridized carbons (Fsp3) is 0.500. The van der Waals surface area contributed by atoms with E-state index in [1.54, 1.807) is 12.1 Å². The predicted octanol–water partition coefficient (Wildman–Crippen LogP) is 2.51. The lowest BCUT2D eigenvalue weighted by atomic mass is 9.98. The minimum absolute atomic E-state index is 0.416. The van der Waals surface area contributed by atoms with Crippen molar-refractivity contribution in [3.8, 4) is 0 Å². The maximum Gasteiger partial charge on any atom is 0.239 e. The highest BCUT2D eigenvalue weighted by atomic mass is 16.6. The number of nitrogens with zero attached hydrogens (tertiary/aromatic N) is 1. The van der Waals surface area contributed by atoms with Gasteiger partial charge in [0.2, 0.25) is 6.04 Å². The molecule has 1 N–H and O–H groups in total. The molecule has 88 valence electrons. The number of hydrogen-bond acceptors (Lipinski definition) is 3. The van der Waals surface area contributed by atoms with Crippen LogP contribution in [0, 0.1) is 10.1 Å². The molecular formula is C12H17NO3. The Morgan fingerprint density at radius 2 is 1.56 bits per heavy atom. The van der Waals surface area contributed by atoms with Crippen LogP contribution in [0.3, 0.4) is 0 Å². The van der Waals surface area contributed by atoms with Gasteiger partial charge in [0.1, 0.15) is 6.10 Å². The van der Waals surface area contributed by atoms with Crippen molar-refractivity contribution < 1.29 is 10.0 Å². The lowest BCUT2D eigenvalue weighted by Crippen LogP contribution is -2.23. The van der Waals surface area contributed by atoms with E-state index >= 15 is 0 Å². The number of aliphatic hydroxyl groups is 1. The van der Waals surface area contributed by atoms with Crippen molar-refractivity contribution in [2.75, 3.05) is 0 Å². The first-order chi connectivity index (χ1) is 7.43. The molecule has 16 heavy (non-hydrogen) atoms. The van der Waals surface area contributed by atoms with Gasteiger partial charge in [-0.3, -0.25) is 10.1 Å². The second-order valence-corrected chi connectivity index (χ2v) is 4.29. The van der Waals surface area contributed by atoms with Crippen LogP contribution >= 0.6 is 0 Å². The summed E-state index contributed by atoms with van der Waals surface area (Å²) < 4.78 is 0. The Hall–Kier alpha value is -1.42. The van der Waals surface area contributed by atoms with E-state index in [9.17, 15) is 15.2 Å². The zero-order valence-corrected chi connectivity index (χ0v) is 9.75. The van der Waals surface area contributed by atoms with Crippen molar-refractivity contribution in [2.24, 2.45) is 0 Å². The molecule has 0 amide bonds. The summed E-state index contributed by atoms with van der Waals surface area (Å²) in [7, 11) is 0. The molecular weight excluding hydrogens is 206 g/mol. The summed E-state index contributed by atoms with van der Waals surface area (Å²) >= 11 is 0. The van der Waals surface area contributed by atoms with Gasteiger partial charge in [-0.2, -0.15) is 0 Å². The average Bonchev–Trinajstić information content (AvgIpc) is 2.27. The van der Waals surface area contributed by atoms with Crippen molar-refractivity contribution in [3.05, 3.63) is 45.5 Å². The third kappa shape index (κ3) is 2.79. The van der Waals surface area contributed by atoms with Gasteiger partial charge in [-0.25, -0.2) is 0 Å². The Morgan fingerprint density at radius 1 is 1.12 bits per heavy atom. The number of aliphatic hydroxyl groups excluding tert-OH is 1. The second kappa shape index (κ2) is 5.07. The van der Waals surface area contributed by atoms with E-state index in [0.717, 1.165) is 5.56 Å². The zero-order valence-electron chi connectivity index (χ0n) is 9.75. The SMILES string of the molecule is CC(C)c1ccc(C(O)C(C)[N+](=O)[O-])cc1. The normalized spacial score (nSPS) is 14.8. The van der Waals surface area contributed by atoms with Crippen LogP contribution in [0.5, 0.6) is 0 Å². The van der Waals surface area contributed by atoms with Gasteiger partial charge in [0.15, 0.2) is 0 Å². The van der Waals surface area contributed by atoms with E-state index < -0.39 is 17.1 Å². The third-order valence-corrected chi connectivity index (χ3v) is 2.73. The molecule has 0 saturated carbocycles. The molecule has 1 rings (SSSR count). The molecule has 0 fully saturated rings. The maximum atomic E-state index is 10.5. The molecule has 0 saturated heterocycles. The zero-order chi connectivity index (χ0) is 12.3. The number of hydrogen-bond donors (Lipinski definition) is 1.